The van der Waals surface area contributed by atoms with Gasteiger partial charge in [-0.3, -0.25) is 0 Å². The molecule has 27 heavy (non-hydrogen) atoms. The first-order valence-electron chi connectivity index (χ1n) is 9.03. The highest BCUT2D eigenvalue weighted by Crippen LogP contribution is 2.34. The molecule has 0 saturated heterocycles. The van der Waals surface area contributed by atoms with Gasteiger partial charge in [-0.1, -0.05) is 20.8 Å². The summed E-state index contributed by atoms with van der Waals surface area (Å²) in [4.78, 5) is 4.52. The minimum absolute atomic E-state index is 0.230. The maximum absolute atomic E-state index is 13.3. The standard InChI is InChI=1S/C21H26N2O3S/c1-7-26-20-9-8-16(12-17(20)21(4,5)6)27(24,25)23-13-22-18-10-14(2)15(3)11-19(18)23/h8-13H,7H2,1-6H3. The van der Waals surface area contributed by atoms with Gasteiger partial charge in [0.2, 0.25) is 0 Å². The number of imidazole rings is 1. The van der Waals surface area contributed by atoms with Crippen LogP contribution in [0.4, 0.5) is 0 Å². The zero-order chi connectivity index (χ0) is 20.0. The van der Waals surface area contributed by atoms with Gasteiger partial charge in [0.15, 0.2) is 0 Å². The molecule has 6 heteroatoms. The number of hydrogen-bond acceptors (Lipinski definition) is 4. The SMILES string of the molecule is CCOc1ccc(S(=O)(=O)n2cnc3cc(C)c(C)cc32)cc1C(C)(C)C. The third kappa shape index (κ3) is 3.46. The lowest BCUT2D eigenvalue weighted by molar-refractivity contribution is 0.329. The van der Waals surface area contributed by atoms with E-state index in [-0.39, 0.29) is 10.3 Å². The highest BCUT2D eigenvalue weighted by molar-refractivity contribution is 7.90. The number of hydrogen-bond donors (Lipinski definition) is 0. The maximum atomic E-state index is 13.3. The Morgan fingerprint density at radius 1 is 1.07 bits per heavy atom. The first kappa shape index (κ1) is 19.4. The second-order valence-electron chi connectivity index (χ2n) is 7.81. The fraction of sp³-hybridized carbons (Fsp3) is 0.381. The molecular formula is C21H26N2O3S. The maximum Gasteiger partial charge on any atom is 0.269 e. The highest BCUT2D eigenvalue weighted by Gasteiger charge is 2.25. The van der Waals surface area contributed by atoms with Gasteiger partial charge < -0.3 is 4.74 Å². The lowest BCUT2D eigenvalue weighted by atomic mass is 9.86. The summed E-state index contributed by atoms with van der Waals surface area (Å²) in [6.07, 6.45) is 1.38. The molecule has 0 aliphatic heterocycles. The number of fused-ring (bicyclic) bond motifs is 1. The summed E-state index contributed by atoms with van der Waals surface area (Å²) < 4.78 is 33.6. The smallest absolute Gasteiger partial charge is 0.269 e. The molecular weight excluding hydrogens is 360 g/mol. The van der Waals surface area contributed by atoms with Crippen molar-refractivity contribution in [2.75, 3.05) is 6.61 Å². The van der Waals surface area contributed by atoms with E-state index in [1.54, 1.807) is 18.2 Å². The van der Waals surface area contributed by atoms with Crippen molar-refractivity contribution in [3.8, 4) is 5.75 Å². The number of aryl methyl sites for hydroxylation is 2. The van der Waals surface area contributed by atoms with E-state index in [2.05, 4.69) is 4.98 Å². The van der Waals surface area contributed by atoms with Crippen molar-refractivity contribution in [2.45, 2.75) is 51.9 Å². The van der Waals surface area contributed by atoms with Crippen molar-refractivity contribution in [3.63, 3.8) is 0 Å². The van der Waals surface area contributed by atoms with Crippen LogP contribution in [0, 0.1) is 13.8 Å². The lowest BCUT2D eigenvalue weighted by Gasteiger charge is -2.23. The summed E-state index contributed by atoms with van der Waals surface area (Å²) in [5, 5.41) is 0. The Morgan fingerprint density at radius 3 is 2.37 bits per heavy atom. The molecule has 0 N–H and O–H groups in total. The van der Waals surface area contributed by atoms with Crippen LogP contribution in [0.5, 0.6) is 5.75 Å². The van der Waals surface area contributed by atoms with Gasteiger partial charge in [0.25, 0.3) is 10.0 Å². The van der Waals surface area contributed by atoms with Crippen LogP contribution < -0.4 is 4.74 Å². The van der Waals surface area contributed by atoms with E-state index in [0.29, 0.717) is 23.4 Å². The van der Waals surface area contributed by atoms with Crippen LogP contribution in [0.2, 0.25) is 0 Å². The van der Waals surface area contributed by atoms with Crippen LogP contribution in [0.1, 0.15) is 44.4 Å². The monoisotopic (exact) mass is 386 g/mol. The van der Waals surface area contributed by atoms with E-state index in [4.69, 9.17) is 4.74 Å². The fourth-order valence-corrected chi connectivity index (χ4v) is 4.39. The third-order valence-electron chi connectivity index (χ3n) is 4.75. The van der Waals surface area contributed by atoms with Crippen LogP contribution in [0.3, 0.4) is 0 Å². The van der Waals surface area contributed by atoms with Gasteiger partial charge in [0.1, 0.15) is 12.1 Å². The quantitative estimate of drug-likeness (QED) is 0.658. The molecule has 0 spiro atoms. The molecule has 3 aromatic rings. The number of benzene rings is 2. The topological polar surface area (TPSA) is 61.2 Å². The lowest BCUT2D eigenvalue weighted by Crippen LogP contribution is -2.17. The first-order chi connectivity index (χ1) is 12.6. The molecule has 0 radical (unpaired) electrons. The summed E-state index contributed by atoms with van der Waals surface area (Å²) in [7, 11) is -3.77. The molecule has 144 valence electrons. The van der Waals surface area contributed by atoms with E-state index in [0.717, 1.165) is 16.7 Å². The minimum Gasteiger partial charge on any atom is -0.494 e. The molecule has 2 aromatic carbocycles. The molecule has 0 unspecified atom stereocenters. The number of rotatable bonds is 4. The molecule has 0 saturated carbocycles. The van der Waals surface area contributed by atoms with Crippen LogP contribution in [-0.4, -0.2) is 24.0 Å². The molecule has 0 aliphatic rings. The molecule has 0 atom stereocenters. The summed E-state index contributed by atoms with van der Waals surface area (Å²) >= 11 is 0. The van der Waals surface area contributed by atoms with Crippen LogP contribution in [0.15, 0.2) is 41.6 Å². The Balaban J connectivity index is 2.20. The van der Waals surface area contributed by atoms with Crippen LogP contribution in [-0.2, 0) is 15.4 Å². The molecule has 0 bridgehead atoms. The van der Waals surface area contributed by atoms with E-state index >= 15 is 0 Å². The Labute approximate surface area is 161 Å². The van der Waals surface area contributed by atoms with E-state index in [1.807, 2.05) is 53.7 Å². The van der Waals surface area contributed by atoms with Crippen LogP contribution in [0.25, 0.3) is 11.0 Å². The normalized spacial score (nSPS) is 12.5. The van der Waals surface area contributed by atoms with E-state index in [9.17, 15) is 8.42 Å². The summed E-state index contributed by atoms with van der Waals surface area (Å²) in [5.74, 6) is 0.714. The highest BCUT2D eigenvalue weighted by atomic mass is 32.2. The predicted octanol–water partition coefficient (Wildman–Crippen LogP) is 4.59. The van der Waals surface area contributed by atoms with Gasteiger partial charge in [-0.15, -0.1) is 0 Å². The molecule has 1 aromatic heterocycles. The van der Waals surface area contributed by atoms with Gasteiger partial charge >= 0.3 is 0 Å². The average Bonchev–Trinajstić information content (AvgIpc) is 2.98. The van der Waals surface area contributed by atoms with E-state index < -0.39 is 10.0 Å². The van der Waals surface area contributed by atoms with Crippen molar-refractivity contribution in [3.05, 3.63) is 53.3 Å². The molecule has 0 amide bonds. The number of nitrogens with zero attached hydrogens (tertiary/aromatic N) is 2. The largest absolute Gasteiger partial charge is 0.494 e. The molecule has 0 fully saturated rings. The fourth-order valence-electron chi connectivity index (χ4n) is 3.08. The molecule has 3 rings (SSSR count). The van der Waals surface area contributed by atoms with E-state index in [1.165, 1.54) is 10.3 Å². The summed E-state index contributed by atoms with van der Waals surface area (Å²) in [6.45, 7) is 12.5. The number of ether oxygens (including phenoxy) is 1. The zero-order valence-electron chi connectivity index (χ0n) is 16.7. The average molecular weight is 387 g/mol. The second kappa shape index (κ2) is 6.68. The van der Waals surface area contributed by atoms with Gasteiger partial charge in [-0.25, -0.2) is 17.4 Å². The van der Waals surface area contributed by atoms with Gasteiger partial charge in [0.05, 0.1) is 22.5 Å². The first-order valence-corrected chi connectivity index (χ1v) is 10.5. The van der Waals surface area contributed by atoms with Gasteiger partial charge in [-0.2, -0.15) is 0 Å². The second-order valence-corrected chi connectivity index (χ2v) is 9.63. The van der Waals surface area contributed by atoms with Crippen molar-refractivity contribution < 1.29 is 13.2 Å². The molecule has 1 heterocycles. The molecule has 0 aliphatic carbocycles. The number of aromatic nitrogens is 2. The van der Waals surface area contributed by atoms with Gasteiger partial charge in [-0.05, 0) is 67.6 Å². The summed E-state index contributed by atoms with van der Waals surface area (Å²) in [6, 6.07) is 8.84. The van der Waals surface area contributed by atoms with Crippen molar-refractivity contribution in [1.82, 2.24) is 8.96 Å². The molecule has 5 nitrogen and oxygen atoms in total. The Bertz CT molecular complexity index is 1110. The minimum atomic E-state index is -3.77. The third-order valence-corrected chi connectivity index (χ3v) is 6.40. The Kier molecular flexibility index (Phi) is 4.80. The Morgan fingerprint density at radius 2 is 1.74 bits per heavy atom. The van der Waals surface area contributed by atoms with Gasteiger partial charge in [0, 0.05) is 5.56 Å². The predicted molar refractivity (Wildman–Crippen MR) is 108 cm³/mol. The van der Waals surface area contributed by atoms with Crippen molar-refractivity contribution >= 4 is 21.1 Å². The zero-order valence-corrected chi connectivity index (χ0v) is 17.5. The van der Waals surface area contributed by atoms with Crippen molar-refractivity contribution in [2.24, 2.45) is 0 Å². The summed E-state index contributed by atoms with van der Waals surface area (Å²) in [5.41, 5.74) is 3.98. The van der Waals surface area contributed by atoms with Crippen LogP contribution >= 0.6 is 0 Å². The van der Waals surface area contributed by atoms with Crippen molar-refractivity contribution in [1.29, 1.82) is 0 Å². The Hall–Kier alpha value is -2.34.